The van der Waals surface area contributed by atoms with Gasteiger partial charge < -0.3 is 15.2 Å². The number of hydrogen-bond donors (Lipinski definition) is 2. The molecule has 0 unspecified atom stereocenters. The maximum atomic E-state index is 13.1. The van der Waals surface area contributed by atoms with Gasteiger partial charge >= 0.3 is 0 Å². The summed E-state index contributed by atoms with van der Waals surface area (Å²) in [6, 6.07) is 9.25. The predicted molar refractivity (Wildman–Crippen MR) is 79.8 cm³/mol. The van der Waals surface area contributed by atoms with Crippen molar-refractivity contribution in [2.24, 2.45) is 5.73 Å². The van der Waals surface area contributed by atoms with Gasteiger partial charge in [-0.25, -0.2) is 4.39 Å². The van der Waals surface area contributed by atoms with Crippen molar-refractivity contribution in [3.8, 4) is 11.5 Å². The number of amidine groups is 1. The summed E-state index contributed by atoms with van der Waals surface area (Å²) in [4.78, 5) is 0. The summed E-state index contributed by atoms with van der Waals surface area (Å²) in [5, 5.41) is 7.44. The largest absolute Gasteiger partial charge is 0.496 e. The first-order valence-corrected chi connectivity index (χ1v) is 6.48. The second-order valence-corrected chi connectivity index (χ2v) is 4.71. The van der Waals surface area contributed by atoms with Crippen molar-refractivity contribution in [3.63, 3.8) is 0 Å². The Hall–Kier alpha value is -2.27. The molecule has 0 saturated carbocycles. The van der Waals surface area contributed by atoms with Crippen molar-refractivity contribution in [3.05, 3.63) is 58.4 Å². The van der Waals surface area contributed by atoms with Crippen LogP contribution in [-0.4, -0.2) is 12.9 Å². The van der Waals surface area contributed by atoms with E-state index >= 15 is 0 Å². The third-order valence-electron chi connectivity index (χ3n) is 2.88. The number of benzene rings is 2. The molecule has 0 bridgehead atoms. The van der Waals surface area contributed by atoms with Crippen LogP contribution in [0.4, 0.5) is 4.39 Å². The fraction of sp³-hybridized carbons (Fsp3) is 0.133. The molecule has 110 valence electrons. The van der Waals surface area contributed by atoms with Gasteiger partial charge in [-0.1, -0.05) is 11.6 Å². The summed E-state index contributed by atoms with van der Waals surface area (Å²) in [6.07, 6.45) is 0. The molecule has 6 heteroatoms. The number of nitrogen functional groups attached to an aromatic ring is 1. The number of nitrogens with one attached hydrogen (secondary N) is 1. The van der Waals surface area contributed by atoms with Gasteiger partial charge in [0.05, 0.1) is 12.1 Å². The molecule has 0 spiro atoms. The molecule has 2 aromatic rings. The highest BCUT2D eigenvalue weighted by molar-refractivity contribution is 6.30. The summed E-state index contributed by atoms with van der Waals surface area (Å²) >= 11 is 5.70. The Morgan fingerprint density at radius 2 is 2.05 bits per heavy atom. The van der Waals surface area contributed by atoms with Crippen LogP contribution in [0.2, 0.25) is 5.02 Å². The maximum Gasteiger partial charge on any atom is 0.142 e. The van der Waals surface area contributed by atoms with E-state index in [4.69, 9.17) is 32.2 Å². The van der Waals surface area contributed by atoms with Gasteiger partial charge in [-0.2, -0.15) is 0 Å². The van der Waals surface area contributed by atoms with Crippen LogP contribution in [0.1, 0.15) is 11.1 Å². The van der Waals surface area contributed by atoms with Crippen molar-refractivity contribution < 1.29 is 13.9 Å². The average molecular weight is 309 g/mol. The van der Waals surface area contributed by atoms with E-state index in [1.165, 1.54) is 18.2 Å². The molecule has 21 heavy (non-hydrogen) atoms. The van der Waals surface area contributed by atoms with Gasteiger partial charge in [0.1, 0.15) is 29.8 Å². The lowest BCUT2D eigenvalue weighted by Gasteiger charge is -2.12. The van der Waals surface area contributed by atoms with Crippen LogP contribution in [0.3, 0.4) is 0 Å². The predicted octanol–water partition coefficient (Wildman–Crippen LogP) is 3.35. The van der Waals surface area contributed by atoms with Crippen LogP contribution in [0.25, 0.3) is 0 Å². The SMILES string of the molecule is COc1ccc(C(=N)N)cc1COc1ccc(F)c(Cl)c1. The Balaban J connectivity index is 2.19. The molecule has 0 radical (unpaired) electrons. The van der Waals surface area contributed by atoms with Gasteiger partial charge in [-0.3, -0.25) is 5.41 Å². The zero-order valence-corrected chi connectivity index (χ0v) is 12.1. The molecular weight excluding hydrogens is 295 g/mol. The molecule has 0 fully saturated rings. The molecular formula is C15H14ClFN2O2. The molecule has 0 amide bonds. The van der Waals surface area contributed by atoms with Crippen molar-refractivity contribution >= 4 is 17.4 Å². The van der Waals surface area contributed by atoms with Crippen molar-refractivity contribution in [1.29, 1.82) is 5.41 Å². The molecule has 0 aliphatic heterocycles. The smallest absolute Gasteiger partial charge is 0.142 e. The lowest BCUT2D eigenvalue weighted by molar-refractivity contribution is 0.296. The molecule has 4 nitrogen and oxygen atoms in total. The van der Waals surface area contributed by atoms with Gasteiger partial charge in [0, 0.05) is 17.2 Å². The van der Waals surface area contributed by atoms with Crippen LogP contribution in [-0.2, 0) is 6.61 Å². The van der Waals surface area contributed by atoms with Gasteiger partial charge in [-0.15, -0.1) is 0 Å². The monoisotopic (exact) mass is 308 g/mol. The minimum Gasteiger partial charge on any atom is -0.496 e. The molecule has 2 rings (SSSR count). The Kier molecular flexibility index (Phi) is 4.65. The standard InChI is InChI=1S/C15H14ClFN2O2/c1-20-14-5-2-9(15(18)19)6-10(14)8-21-11-3-4-13(17)12(16)7-11/h2-7H,8H2,1H3,(H3,18,19). The molecule has 0 aromatic heterocycles. The number of ether oxygens (including phenoxy) is 2. The third kappa shape index (κ3) is 3.64. The first kappa shape index (κ1) is 15.1. The Morgan fingerprint density at radius 3 is 2.67 bits per heavy atom. The van der Waals surface area contributed by atoms with E-state index in [1.54, 1.807) is 25.3 Å². The second kappa shape index (κ2) is 6.45. The Labute approximate surface area is 126 Å². The molecule has 0 saturated heterocycles. The van der Waals surface area contributed by atoms with E-state index in [0.29, 0.717) is 17.1 Å². The molecule has 0 heterocycles. The average Bonchev–Trinajstić information content (AvgIpc) is 2.48. The number of rotatable bonds is 5. The van der Waals surface area contributed by atoms with Gasteiger partial charge in [-0.05, 0) is 30.3 Å². The first-order chi connectivity index (χ1) is 10.0. The molecule has 0 aliphatic carbocycles. The number of halogens is 2. The third-order valence-corrected chi connectivity index (χ3v) is 3.17. The normalized spacial score (nSPS) is 10.2. The molecule has 0 atom stereocenters. The van der Waals surface area contributed by atoms with Gasteiger partial charge in [0.25, 0.3) is 0 Å². The number of methoxy groups -OCH3 is 1. The summed E-state index contributed by atoms with van der Waals surface area (Å²) < 4.78 is 23.9. The van der Waals surface area contributed by atoms with Gasteiger partial charge in [0.2, 0.25) is 0 Å². The highest BCUT2D eigenvalue weighted by atomic mass is 35.5. The Morgan fingerprint density at radius 1 is 1.29 bits per heavy atom. The maximum absolute atomic E-state index is 13.1. The minimum atomic E-state index is -0.500. The van der Waals surface area contributed by atoms with Crippen molar-refractivity contribution in [1.82, 2.24) is 0 Å². The summed E-state index contributed by atoms with van der Waals surface area (Å²) in [7, 11) is 1.54. The van der Waals surface area contributed by atoms with E-state index < -0.39 is 5.82 Å². The van der Waals surface area contributed by atoms with E-state index in [9.17, 15) is 4.39 Å². The summed E-state index contributed by atoms with van der Waals surface area (Å²) in [6.45, 7) is 0.187. The summed E-state index contributed by atoms with van der Waals surface area (Å²) in [5.74, 6) is 0.522. The van der Waals surface area contributed by atoms with Crippen LogP contribution in [0.5, 0.6) is 11.5 Å². The zero-order chi connectivity index (χ0) is 15.4. The fourth-order valence-corrected chi connectivity index (χ4v) is 1.96. The van der Waals surface area contributed by atoms with E-state index in [1.807, 2.05) is 0 Å². The van der Waals surface area contributed by atoms with Crippen LogP contribution in [0, 0.1) is 11.2 Å². The van der Waals surface area contributed by atoms with Crippen LogP contribution >= 0.6 is 11.6 Å². The first-order valence-electron chi connectivity index (χ1n) is 6.10. The summed E-state index contributed by atoms with van der Waals surface area (Å²) in [5.41, 5.74) is 6.76. The lowest BCUT2D eigenvalue weighted by Crippen LogP contribution is -2.12. The van der Waals surface area contributed by atoms with E-state index in [2.05, 4.69) is 0 Å². The van der Waals surface area contributed by atoms with Crippen LogP contribution in [0.15, 0.2) is 36.4 Å². The molecule has 0 aliphatic rings. The minimum absolute atomic E-state index is 0.00282. The quantitative estimate of drug-likeness (QED) is 0.657. The van der Waals surface area contributed by atoms with Crippen molar-refractivity contribution in [2.45, 2.75) is 6.61 Å². The highest BCUT2D eigenvalue weighted by Gasteiger charge is 2.08. The van der Waals surface area contributed by atoms with E-state index in [-0.39, 0.29) is 17.5 Å². The zero-order valence-electron chi connectivity index (χ0n) is 11.3. The molecule has 2 aromatic carbocycles. The van der Waals surface area contributed by atoms with Crippen LogP contribution < -0.4 is 15.2 Å². The topological polar surface area (TPSA) is 68.3 Å². The highest BCUT2D eigenvalue weighted by Crippen LogP contribution is 2.25. The number of nitrogens with two attached hydrogens (primary N) is 1. The van der Waals surface area contributed by atoms with Crippen molar-refractivity contribution in [2.75, 3.05) is 7.11 Å². The number of hydrogen-bond acceptors (Lipinski definition) is 3. The molecule has 3 N–H and O–H groups in total. The lowest BCUT2D eigenvalue weighted by atomic mass is 10.1. The fourth-order valence-electron chi connectivity index (χ4n) is 1.79. The second-order valence-electron chi connectivity index (χ2n) is 4.30. The van der Waals surface area contributed by atoms with E-state index in [0.717, 1.165) is 5.56 Å². The van der Waals surface area contributed by atoms with Gasteiger partial charge in [0.15, 0.2) is 0 Å². The Bertz CT molecular complexity index is 677.